The minimum atomic E-state index is -1.93. The van der Waals surface area contributed by atoms with Gasteiger partial charge in [0.1, 0.15) is 6.04 Å². The summed E-state index contributed by atoms with van der Waals surface area (Å²) >= 11 is 0. The van der Waals surface area contributed by atoms with E-state index in [9.17, 15) is 4.79 Å². The molecule has 0 unspecified atom stereocenters. The Morgan fingerprint density at radius 2 is 1.57 bits per heavy atom. The van der Waals surface area contributed by atoms with Crippen LogP contribution in [0.15, 0.2) is 60.7 Å². The van der Waals surface area contributed by atoms with Crippen molar-refractivity contribution >= 4 is 14.4 Å². The molecule has 0 radical (unpaired) electrons. The maximum absolute atomic E-state index is 12.8. The molecule has 0 N–H and O–H groups in total. The lowest BCUT2D eigenvalue weighted by molar-refractivity contribution is 0.0864. The molecule has 2 aromatic carbocycles. The zero-order valence-corrected chi connectivity index (χ0v) is 18.5. The van der Waals surface area contributed by atoms with Gasteiger partial charge in [-0.3, -0.25) is 4.90 Å². The Bertz CT molecular complexity index is 786. The van der Waals surface area contributed by atoms with Crippen molar-refractivity contribution in [2.24, 2.45) is 0 Å². The minimum Gasteiger partial charge on any atom is -0.441 e. The first-order chi connectivity index (χ1) is 13.2. The van der Waals surface area contributed by atoms with E-state index in [-0.39, 0.29) is 23.3 Å². The first kappa shape index (κ1) is 20.6. The number of ether oxygens (including phenoxy) is 1. The number of amides is 1. The molecule has 0 spiro atoms. The number of carbonyl (C=O) groups is 1. The predicted molar refractivity (Wildman–Crippen MR) is 115 cm³/mol. The van der Waals surface area contributed by atoms with Gasteiger partial charge < -0.3 is 9.16 Å². The van der Waals surface area contributed by atoms with Crippen LogP contribution in [-0.4, -0.2) is 32.0 Å². The van der Waals surface area contributed by atoms with E-state index >= 15 is 0 Å². The van der Waals surface area contributed by atoms with Gasteiger partial charge in [-0.1, -0.05) is 81.4 Å². The lowest BCUT2D eigenvalue weighted by atomic mass is 10.0. The summed E-state index contributed by atoms with van der Waals surface area (Å²) in [4.78, 5) is 14.6. The Morgan fingerprint density at radius 1 is 1.00 bits per heavy atom. The van der Waals surface area contributed by atoms with Crippen LogP contribution in [0.2, 0.25) is 18.1 Å². The molecule has 1 saturated heterocycles. The molecule has 1 heterocycles. The Hall–Kier alpha value is -2.11. The van der Waals surface area contributed by atoms with Crippen LogP contribution in [-0.2, 0) is 15.7 Å². The molecule has 0 aliphatic carbocycles. The van der Waals surface area contributed by atoms with Crippen LogP contribution in [0.5, 0.6) is 0 Å². The molecule has 1 aliphatic rings. The summed E-state index contributed by atoms with van der Waals surface area (Å²) in [6.07, 6.45) is -0.589. The molecule has 4 nitrogen and oxygen atoms in total. The van der Waals surface area contributed by atoms with Gasteiger partial charge in [0.15, 0.2) is 14.4 Å². The van der Waals surface area contributed by atoms with Crippen LogP contribution in [0.3, 0.4) is 0 Å². The number of hydrogen-bond donors (Lipinski definition) is 0. The highest BCUT2D eigenvalue weighted by molar-refractivity contribution is 6.74. The van der Waals surface area contributed by atoms with Gasteiger partial charge in [0.25, 0.3) is 0 Å². The van der Waals surface area contributed by atoms with E-state index < -0.39 is 8.32 Å². The molecular formula is C23H31NO3Si. The van der Waals surface area contributed by atoms with Crippen molar-refractivity contribution in [3.8, 4) is 0 Å². The Balaban J connectivity index is 1.84. The molecule has 2 atom stereocenters. The summed E-state index contributed by atoms with van der Waals surface area (Å²) in [6, 6.07) is 20.0. The maximum atomic E-state index is 12.8. The van der Waals surface area contributed by atoms with Crippen LogP contribution >= 0.6 is 0 Å². The molecule has 1 fully saturated rings. The predicted octanol–water partition coefficient (Wildman–Crippen LogP) is 5.77. The molecular weight excluding hydrogens is 366 g/mol. The second-order valence-corrected chi connectivity index (χ2v) is 13.8. The van der Waals surface area contributed by atoms with Gasteiger partial charge >= 0.3 is 6.09 Å². The number of cyclic esters (lactones) is 1. The number of rotatable bonds is 6. The summed E-state index contributed by atoms with van der Waals surface area (Å²) in [5.41, 5.74) is 2.17. The Morgan fingerprint density at radius 3 is 2.14 bits per heavy atom. The second kappa shape index (κ2) is 8.09. The van der Waals surface area contributed by atoms with Crippen LogP contribution in [0.25, 0.3) is 0 Å². The van der Waals surface area contributed by atoms with Crippen molar-refractivity contribution in [2.75, 3.05) is 6.61 Å². The fraction of sp³-hybridized carbons (Fsp3) is 0.435. The normalized spacial score (nSPS) is 20.3. The Labute approximate surface area is 169 Å². The number of nitrogens with zero attached hydrogens (tertiary/aromatic N) is 1. The number of benzene rings is 2. The monoisotopic (exact) mass is 397 g/mol. The molecule has 0 bridgehead atoms. The largest absolute Gasteiger partial charge is 0.441 e. The fourth-order valence-electron chi connectivity index (χ4n) is 3.20. The van der Waals surface area contributed by atoms with Crippen LogP contribution in [0.4, 0.5) is 4.79 Å². The van der Waals surface area contributed by atoms with Gasteiger partial charge in [-0.15, -0.1) is 0 Å². The van der Waals surface area contributed by atoms with Gasteiger partial charge in [-0.05, 0) is 29.3 Å². The molecule has 3 rings (SSSR count). The van der Waals surface area contributed by atoms with Gasteiger partial charge in [0.2, 0.25) is 0 Å². The van der Waals surface area contributed by atoms with Crippen LogP contribution < -0.4 is 0 Å². The van der Waals surface area contributed by atoms with Crippen LogP contribution in [0, 0.1) is 0 Å². The zero-order chi connectivity index (χ0) is 20.4. The molecule has 1 aliphatic heterocycles. The van der Waals surface area contributed by atoms with Crippen molar-refractivity contribution in [3.63, 3.8) is 0 Å². The molecule has 1 amide bonds. The van der Waals surface area contributed by atoms with Gasteiger partial charge in [-0.25, -0.2) is 4.79 Å². The van der Waals surface area contributed by atoms with Crippen molar-refractivity contribution in [2.45, 2.75) is 57.6 Å². The first-order valence-corrected chi connectivity index (χ1v) is 12.8. The van der Waals surface area contributed by atoms with E-state index in [0.29, 0.717) is 13.2 Å². The van der Waals surface area contributed by atoms with Gasteiger partial charge in [0, 0.05) is 6.54 Å². The highest BCUT2D eigenvalue weighted by Gasteiger charge is 2.45. The third-order valence-electron chi connectivity index (χ3n) is 5.93. The number of carbonyl (C=O) groups excluding carboxylic acids is 1. The van der Waals surface area contributed by atoms with E-state index in [2.05, 4.69) is 46.0 Å². The van der Waals surface area contributed by atoms with E-state index in [1.54, 1.807) is 0 Å². The second-order valence-electron chi connectivity index (χ2n) is 8.96. The maximum Gasteiger partial charge on any atom is 0.411 e. The van der Waals surface area contributed by atoms with Crippen molar-refractivity contribution in [3.05, 3.63) is 71.8 Å². The summed E-state index contributed by atoms with van der Waals surface area (Å²) in [7, 11) is -1.93. The van der Waals surface area contributed by atoms with Gasteiger partial charge in [0.05, 0.1) is 6.61 Å². The van der Waals surface area contributed by atoms with Crippen molar-refractivity contribution < 1.29 is 14.0 Å². The van der Waals surface area contributed by atoms with Gasteiger partial charge in [-0.2, -0.15) is 0 Å². The first-order valence-electron chi connectivity index (χ1n) is 9.89. The number of hydrogen-bond acceptors (Lipinski definition) is 3. The SMILES string of the molecule is CC(C)(C)[Si](C)(C)OC[C@H]1OC(=O)N(Cc2ccccc2)[C@H]1c1ccccc1. The molecule has 5 heteroatoms. The molecule has 150 valence electrons. The highest BCUT2D eigenvalue weighted by Crippen LogP contribution is 2.39. The molecule has 28 heavy (non-hydrogen) atoms. The summed E-state index contributed by atoms with van der Waals surface area (Å²) in [5, 5.41) is 0.113. The van der Waals surface area contributed by atoms with Crippen LogP contribution in [0.1, 0.15) is 37.9 Å². The molecule has 0 saturated carbocycles. The summed E-state index contributed by atoms with van der Waals surface area (Å²) < 4.78 is 12.2. The third-order valence-corrected chi connectivity index (χ3v) is 10.4. The van der Waals surface area contributed by atoms with Crippen molar-refractivity contribution in [1.82, 2.24) is 4.90 Å². The average molecular weight is 398 g/mol. The summed E-state index contributed by atoms with van der Waals surface area (Å²) in [6.45, 7) is 12.1. The van der Waals surface area contributed by atoms with E-state index in [0.717, 1.165) is 11.1 Å². The van der Waals surface area contributed by atoms with Crippen molar-refractivity contribution in [1.29, 1.82) is 0 Å². The van der Waals surface area contributed by atoms with E-state index in [1.165, 1.54) is 0 Å². The standard InChI is InChI=1S/C23H31NO3Si/c1-23(2,3)28(4,5)26-17-20-21(19-14-10-7-11-15-19)24(22(25)27-20)16-18-12-8-6-9-13-18/h6-15,20-21H,16-17H2,1-5H3/t20-,21+/m1/s1. The summed E-state index contributed by atoms with van der Waals surface area (Å²) in [5.74, 6) is 0. The quantitative estimate of drug-likeness (QED) is 0.581. The molecule has 2 aromatic rings. The smallest absolute Gasteiger partial charge is 0.411 e. The van der Waals surface area contributed by atoms with E-state index in [4.69, 9.17) is 9.16 Å². The lowest BCUT2D eigenvalue weighted by Crippen LogP contribution is -2.43. The van der Waals surface area contributed by atoms with E-state index in [1.807, 2.05) is 53.4 Å². The average Bonchev–Trinajstić information content (AvgIpc) is 2.96. The fourth-order valence-corrected chi connectivity index (χ4v) is 4.21. The third kappa shape index (κ3) is 4.47. The highest BCUT2D eigenvalue weighted by atomic mass is 28.4. The zero-order valence-electron chi connectivity index (χ0n) is 17.5. The minimum absolute atomic E-state index is 0.113. The topological polar surface area (TPSA) is 38.8 Å². The molecule has 0 aromatic heterocycles. The lowest BCUT2D eigenvalue weighted by Gasteiger charge is -2.37. The Kier molecular flexibility index (Phi) is 5.96.